The van der Waals surface area contributed by atoms with E-state index in [0.29, 0.717) is 0 Å². The third-order valence-electron chi connectivity index (χ3n) is 3.42. The summed E-state index contributed by atoms with van der Waals surface area (Å²) in [6.45, 7) is 5.73. The van der Waals surface area contributed by atoms with Crippen molar-refractivity contribution in [2.24, 2.45) is 0 Å². The molecule has 0 aliphatic carbocycles. The molecule has 0 aliphatic heterocycles. The lowest BCUT2D eigenvalue weighted by Gasteiger charge is -2.09. The molecule has 2 aromatic heterocycles. The predicted molar refractivity (Wildman–Crippen MR) is 79.8 cm³/mol. The first kappa shape index (κ1) is 14.2. The van der Waals surface area contributed by atoms with E-state index in [1.165, 1.54) is 5.69 Å². The summed E-state index contributed by atoms with van der Waals surface area (Å²) < 4.78 is 13.4. The highest BCUT2D eigenvalue weighted by molar-refractivity contribution is 7.84. The molecule has 2 aromatic rings. The Hall–Kier alpha value is -1.20. The molecule has 2 unspecified atom stereocenters. The molecule has 0 amide bonds. The first-order valence-corrected chi connectivity index (χ1v) is 8.17. The first-order valence-electron chi connectivity index (χ1n) is 6.55. The summed E-state index contributed by atoms with van der Waals surface area (Å²) in [6, 6.07) is 6.02. The second-order valence-corrected chi connectivity index (χ2v) is 6.65. The van der Waals surface area contributed by atoms with Crippen LogP contribution >= 0.6 is 0 Å². The van der Waals surface area contributed by atoms with Gasteiger partial charge in [0.25, 0.3) is 0 Å². The van der Waals surface area contributed by atoms with Gasteiger partial charge >= 0.3 is 0 Å². The average Bonchev–Trinajstić information content (AvgIpc) is 2.70. The summed E-state index contributed by atoms with van der Waals surface area (Å²) in [6.07, 6.45) is 4.73. The van der Waals surface area contributed by atoms with E-state index in [4.69, 9.17) is 0 Å². The monoisotopic (exact) mass is 279 g/mol. The van der Waals surface area contributed by atoms with Crippen LogP contribution in [0.4, 0.5) is 0 Å². The number of aryl methyl sites for hydroxylation is 1. The molecular formula is C14H21N3OS. The van der Waals surface area contributed by atoms with Gasteiger partial charge in [0.15, 0.2) is 0 Å². The number of nitrogens with zero attached hydrogens (tertiary/aromatic N) is 2. The van der Waals surface area contributed by atoms with Gasteiger partial charge in [-0.2, -0.15) is 0 Å². The van der Waals surface area contributed by atoms with Crippen molar-refractivity contribution < 1.29 is 4.21 Å². The molecule has 5 heteroatoms. The van der Waals surface area contributed by atoms with E-state index in [1.807, 2.05) is 38.2 Å². The predicted octanol–water partition coefficient (Wildman–Crippen LogP) is 1.89. The molecule has 2 heterocycles. The van der Waals surface area contributed by atoms with Gasteiger partial charge in [-0.3, -0.25) is 4.21 Å². The van der Waals surface area contributed by atoms with Crippen LogP contribution in [-0.2, 0) is 17.3 Å². The van der Waals surface area contributed by atoms with Crippen LogP contribution in [0.2, 0.25) is 0 Å². The fourth-order valence-electron chi connectivity index (χ4n) is 2.06. The molecule has 1 N–H and O–H groups in total. The molecule has 0 aromatic carbocycles. The molecule has 19 heavy (non-hydrogen) atoms. The van der Waals surface area contributed by atoms with Gasteiger partial charge < -0.3 is 9.72 Å². The highest BCUT2D eigenvalue weighted by Gasteiger charge is 2.08. The van der Waals surface area contributed by atoms with Gasteiger partial charge in [-0.15, -0.1) is 0 Å². The maximum absolute atomic E-state index is 11.3. The summed E-state index contributed by atoms with van der Waals surface area (Å²) in [5, 5.41) is 3.66. The number of aromatic nitrogens is 2. The van der Waals surface area contributed by atoms with E-state index in [0.717, 1.165) is 30.9 Å². The Morgan fingerprint density at radius 2 is 2.26 bits per heavy atom. The first-order chi connectivity index (χ1) is 9.09. The fraction of sp³-hybridized carbons (Fsp3) is 0.500. The number of fused-ring (bicyclic) bond motifs is 1. The van der Waals surface area contributed by atoms with Crippen molar-refractivity contribution in [1.82, 2.24) is 14.7 Å². The molecule has 0 aliphatic rings. The van der Waals surface area contributed by atoms with Gasteiger partial charge in [0.2, 0.25) is 0 Å². The van der Waals surface area contributed by atoms with Gasteiger partial charge in [0.05, 0.1) is 11.4 Å². The van der Waals surface area contributed by atoms with Gasteiger partial charge in [0.1, 0.15) is 5.65 Å². The van der Waals surface area contributed by atoms with Gasteiger partial charge in [0, 0.05) is 35.0 Å². The van der Waals surface area contributed by atoms with E-state index in [1.54, 1.807) is 6.26 Å². The molecule has 2 atom stereocenters. The summed E-state index contributed by atoms with van der Waals surface area (Å²) >= 11 is 0. The number of imidazole rings is 1. The largest absolute Gasteiger partial charge is 0.311 e. The summed E-state index contributed by atoms with van der Waals surface area (Å²) in [7, 11) is -0.735. The molecule has 0 saturated carbocycles. The van der Waals surface area contributed by atoms with E-state index in [2.05, 4.69) is 14.7 Å². The molecule has 0 fully saturated rings. The number of rotatable bonds is 6. The summed E-state index contributed by atoms with van der Waals surface area (Å²) in [5.41, 5.74) is 3.24. The third kappa shape index (κ3) is 3.42. The van der Waals surface area contributed by atoms with Crippen LogP contribution in [-0.4, -0.2) is 31.6 Å². The van der Waals surface area contributed by atoms with Crippen molar-refractivity contribution in [2.75, 3.05) is 12.8 Å². The lowest BCUT2D eigenvalue weighted by atomic mass is 10.3. The molecule has 0 radical (unpaired) electrons. The number of hydrogen-bond acceptors (Lipinski definition) is 3. The van der Waals surface area contributed by atoms with Crippen molar-refractivity contribution in [3.8, 4) is 0 Å². The van der Waals surface area contributed by atoms with E-state index >= 15 is 0 Å². The lowest BCUT2D eigenvalue weighted by molar-refractivity contribution is 0.620. The minimum Gasteiger partial charge on any atom is -0.311 e. The van der Waals surface area contributed by atoms with Gasteiger partial charge in [-0.1, -0.05) is 13.0 Å². The van der Waals surface area contributed by atoms with E-state index in [9.17, 15) is 4.21 Å². The molecule has 104 valence electrons. The van der Waals surface area contributed by atoms with Crippen LogP contribution in [0.3, 0.4) is 0 Å². The van der Waals surface area contributed by atoms with E-state index < -0.39 is 10.8 Å². The Labute approximate surface area is 116 Å². The zero-order valence-electron chi connectivity index (χ0n) is 11.7. The van der Waals surface area contributed by atoms with Crippen molar-refractivity contribution in [3.63, 3.8) is 0 Å². The normalized spacial score (nSPS) is 14.7. The number of pyridine rings is 1. The molecule has 4 nitrogen and oxygen atoms in total. The molecular weight excluding hydrogens is 258 g/mol. The Morgan fingerprint density at radius 3 is 3.00 bits per heavy atom. The zero-order chi connectivity index (χ0) is 13.8. The highest BCUT2D eigenvalue weighted by atomic mass is 32.2. The third-order valence-corrected chi connectivity index (χ3v) is 4.78. The summed E-state index contributed by atoms with van der Waals surface area (Å²) in [4.78, 5) is 4.53. The maximum atomic E-state index is 11.3. The Balaban J connectivity index is 1.95. The van der Waals surface area contributed by atoms with Crippen LogP contribution in [0.1, 0.15) is 24.7 Å². The quantitative estimate of drug-likeness (QED) is 0.821. The van der Waals surface area contributed by atoms with Crippen LogP contribution in [0.25, 0.3) is 5.65 Å². The Kier molecular flexibility index (Phi) is 4.71. The molecule has 0 bridgehead atoms. The van der Waals surface area contributed by atoms with Crippen LogP contribution < -0.4 is 5.32 Å². The van der Waals surface area contributed by atoms with Crippen molar-refractivity contribution in [3.05, 3.63) is 35.8 Å². The smallest absolute Gasteiger partial charge is 0.137 e. The molecule has 0 spiro atoms. The van der Waals surface area contributed by atoms with Crippen molar-refractivity contribution in [1.29, 1.82) is 0 Å². The van der Waals surface area contributed by atoms with Crippen molar-refractivity contribution >= 4 is 16.4 Å². The highest BCUT2D eigenvalue weighted by Crippen LogP contribution is 2.11. The number of nitrogens with one attached hydrogen (secondary N) is 1. The molecule has 2 rings (SSSR count). The standard InChI is InChI=1S/C14H21N3OS/c1-11(19(3)18)7-8-15-10-13-12(2)16-14-6-4-5-9-17(13)14/h4-6,9,11,15H,7-8,10H2,1-3H3. The Bertz CT molecular complexity index is 579. The average molecular weight is 279 g/mol. The Morgan fingerprint density at radius 1 is 1.47 bits per heavy atom. The van der Waals surface area contributed by atoms with Crippen LogP contribution in [0, 0.1) is 6.92 Å². The second kappa shape index (κ2) is 6.30. The second-order valence-electron chi connectivity index (χ2n) is 4.85. The van der Waals surface area contributed by atoms with Crippen LogP contribution in [0.5, 0.6) is 0 Å². The lowest BCUT2D eigenvalue weighted by Crippen LogP contribution is -2.21. The summed E-state index contributed by atoms with van der Waals surface area (Å²) in [5.74, 6) is 0. The number of hydrogen-bond donors (Lipinski definition) is 1. The minimum absolute atomic E-state index is 0.246. The topological polar surface area (TPSA) is 46.4 Å². The van der Waals surface area contributed by atoms with Gasteiger partial charge in [-0.25, -0.2) is 4.98 Å². The van der Waals surface area contributed by atoms with Crippen molar-refractivity contribution in [2.45, 2.75) is 32.1 Å². The zero-order valence-corrected chi connectivity index (χ0v) is 12.5. The molecule has 0 saturated heterocycles. The van der Waals surface area contributed by atoms with Crippen LogP contribution in [0.15, 0.2) is 24.4 Å². The minimum atomic E-state index is -0.735. The maximum Gasteiger partial charge on any atom is 0.137 e. The van der Waals surface area contributed by atoms with E-state index in [-0.39, 0.29) is 5.25 Å². The SMILES string of the molecule is Cc1nc2ccccn2c1CNCCC(C)S(C)=O. The fourth-order valence-corrected chi connectivity index (χ4v) is 2.51. The van der Waals surface area contributed by atoms with Gasteiger partial charge in [-0.05, 0) is 32.0 Å².